The molecule has 1 unspecified atom stereocenters. The number of para-hydroxylation sites is 1. The van der Waals surface area contributed by atoms with Gasteiger partial charge >= 0.3 is 12.4 Å². The van der Waals surface area contributed by atoms with E-state index < -0.39 is 35.3 Å². The van der Waals surface area contributed by atoms with Gasteiger partial charge in [0.2, 0.25) is 5.91 Å². The number of benzene rings is 2. The molecule has 1 aromatic heterocycles. The molecule has 1 aliphatic rings. The Morgan fingerprint density at radius 1 is 0.951 bits per heavy atom. The Bertz CT molecular complexity index is 1310. The van der Waals surface area contributed by atoms with Gasteiger partial charge in [-0.15, -0.1) is 0 Å². The van der Waals surface area contributed by atoms with E-state index in [0.29, 0.717) is 38.3 Å². The van der Waals surface area contributed by atoms with Crippen molar-refractivity contribution in [2.45, 2.75) is 50.5 Å². The number of nitrogens with zero attached hydrogens (tertiary/aromatic N) is 1. The molecule has 2 N–H and O–H groups in total. The van der Waals surface area contributed by atoms with E-state index in [2.05, 4.69) is 15.2 Å². The molecule has 3 aromatic rings. The van der Waals surface area contributed by atoms with Gasteiger partial charge in [-0.2, -0.15) is 26.3 Å². The zero-order valence-corrected chi connectivity index (χ0v) is 22.2. The molecule has 0 bridgehead atoms. The molecule has 2 aromatic carbocycles. The molecule has 2 heterocycles. The zero-order valence-electron chi connectivity index (χ0n) is 22.2. The molecule has 0 spiro atoms. The topological polar surface area (TPSA) is 74.4 Å². The first-order valence-electron chi connectivity index (χ1n) is 13.4. The van der Waals surface area contributed by atoms with Crippen molar-refractivity contribution < 1.29 is 40.7 Å². The second-order valence-electron chi connectivity index (χ2n) is 10.1. The molecule has 4 rings (SSSR count). The van der Waals surface area contributed by atoms with E-state index in [1.54, 1.807) is 6.20 Å². The third-order valence-electron chi connectivity index (χ3n) is 7.11. The molecule has 0 aliphatic carbocycles. The second kappa shape index (κ2) is 13.1. The average molecular weight is 584 g/mol. The number of nitrogens with one attached hydrogen (secondary N) is 2. The molecular formula is C29H31F6N3O3. The van der Waals surface area contributed by atoms with Crippen molar-refractivity contribution >= 4 is 22.6 Å². The van der Waals surface area contributed by atoms with E-state index in [1.165, 1.54) is 0 Å². The fourth-order valence-electron chi connectivity index (χ4n) is 4.93. The highest BCUT2D eigenvalue weighted by Crippen LogP contribution is 2.36. The van der Waals surface area contributed by atoms with E-state index in [9.17, 15) is 35.9 Å². The Hall–Kier alpha value is -3.38. The molecule has 1 atom stereocenters. The van der Waals surface area contributed by atoms with E-state index in [4.69, 9.17) is 4.74 Å². The SMILES string of the molecule is O=C(CCCN1CCOCC1)NC(Cc1c[nH]c2ccccc12)C(=O)CCc1cc(C(F)(F)F)cc(C(F)(F)F)c1. The number of carbonyl (C=O) groups excluding carboxylic acids is 2. The Labute approximate surface area is 233 Å². The van der Waals surface area contributed by atoms with Crippen LogP contribution in [0.25, 0.3) is 10.9 Å². The maximum atomic E-state index is 13.3. The molecule has 1 saturated heterocycles. The lowest BCUT2D eigenvalue weighted by molar-refractivity contribution is -0.143. The summed E-state index contributed by atoms with van der Waals surface area (Å²) in [5.74, 6) is -0.836. The number of hydrogen-bond donors (Lipinski definition) is 2. The van der Waals surface area contributed by atoms with Crippen LogP contribution in [0.2, 0.25) is 0 Å². The highest BCUT2D eigenvalue weighted by atomic mass is 19.4. The molecule has 0 radical (unpaired) electrons. The van der Waals surface area contributed by atoms with E-state index in [1.807, 2.05) is 24.3 Å². The molecule has 12 heteroatoms. The van der Waals surface area contributed by atoms with Gasteiger partial charge in [0.05, 0.1) is 30.4 Å². The Morgan fingerprint density at radius 3 is 2.27 bits per heavy atom. The van der Waals surface area contributed by atoms with Crippen molar-refractivity contribution in [1.82, 2.24) is 15.2 Å². The minimum absolute atomic E-state index is 0.0578. The molecule has 41 heavy (non-hydrogen) atoms. The summed E-state index contributed by atoms with van der Waals surface area (Å²) in [6.45, 7) is 3.49. The van der Waals surface area contributed by atoms with Crippen LogP contribution in [0.1, 0.15) is 41.5 Å². The van der Waals surface area contributed by atoms with Crippen LogP contribution < -0.4 is 5.32 Å². The minimum atomic E-state index is -4.98. The standard InChI is InChI=1S/C29H31F6N3O3/c30-28(31,32)21-14-19(15-22(17-21)29(33,34)35)7-8-26(39)25(16-20-18-36-24-5-2-1-4-23(20)24)37-27(40)6-3-9-38-10-12-41-13-11-38/h1-2,4-5,14-15,17-18,25,36H,3,6-13,16H2,(H,37,40). The maximum absolute atomic E-state index is 13.3. The number of Topliss-reactive ketones (excluding diaryl/α,β-unsaturated/α-hetero) is 1. The molecule has 1 amide bonds. The molecule has 1 fully saturated rings. The number of aryl methyl sites for hydroxylation is 1. The number of hydrogen-bond acceptors (Lipinski definition) is 4. The van der Waals surface area contributed by atoms with Crippen molar-refractivity contribution in [3.63, 3.8) is 0 Å². The number of amides is 1. The number of ketones is 1. The second-order valence-corrected chi connectivity index (χ2v) is 10.1. The van der Waals surface area contributed by atoms with Crippen molar-refractivity contribution in [2.75, 3.05) is 32.8 Å². The number of aromatic amines is 1. The third-order valence-corrected chi connectivity index (χ3v) is 7.11. The number of fused-ring (bicyclic) bond motifs is 1. The lowest BCUT2D eigenvalue weighted by Crippen LogP contribution is -2.43. The number of H-pyrrole nitrogens is 1. The summed E-state index contributed by atoms with van der Waals surface area (Å²) in [5, 5.41) is 3.61. The van der Waals surface area contributed by atoms with Crippen molar-refractivity contribution in [3.8, 4) is 0 Å². The van der Waals surface area contributed by atoms with Crippen LogP contribution in [0.3, 0.4) is 0 Å². The smallest absolute Gasteiger partial charge is 0.379 e. The molecule has 0 saturated carbocycles. The van der Waals surface area contributed by atoms with Gasteiger partial charge in [0, 0.05) is 49.5 Å². The summed E-state index contributed by atoms with van der Waals surface area (Å²) in [7, 11) is 0. The maximum Gasteiger partial charge on any atom is 0.416 e. The third kappa shape index (κ3) is 8.56. The number of morpholine rings is 1. The summed E-state index contributed by atoms with van der Waals surface area (Å²) in [5.41, 5.74) is -1.54. The summed E-state index contributed by atoms with van der Waals surface area (Å²) in [6.07, 6.45) is -8.09. The van der Waals surface area contributed by atoms with Gasteiger partial charge in [-0.25, -0.2) is 0 Å². The summed E-state index contributed by atoms with van der Waals surface area (Å²) in [6, 6.07) is 7.68. The van der Waals surface area contributed by atoms with Crippen LogP contribution >= 0.6 is 0 Å². The quantitative estimate of drug-likeness (QED) is 0.291. The Kier molecular flexibility index (Phi) is 9.75. The Balaban J connectivity index is 1.47. The van der Waals surface area contributed by atoms with Gasteiger partial charge in [-0.3, -0.25) is 14.5 Å². The largest absolute Gasteiger partial charge is 0.416 e. The van der Waals surface area contributed by atoms with Gasteiger partial charge < -0.3 is 15.0 Å². The first-order chi connectivity index (χ1) is 19.4. The van der Waals surface area contributed by atoms with Crippen LogP contribution in [0.5, 0.6) is 0 Å². The number of halogens is 6. The molecule has 6 nitrogen and oxygen atoms in total. The van der Waals surface area contributed by atoms with Gasteiger partial charge in [0.25, 0.3) is 0 Å². The molecular weight excluding hydrogens is 552 g/mol. The minimum Gasteiger partial charge on any atom is -0.379 e. The summed E-state index contributed by atoms with van der Waals surface area (Å²) < 4.78 is 85.0. The summed E-state index contributed by atoms with van der Waals surface area (Å²) >= 11 is 0. The van der Waals surface area contributed by atoms with Gasteiger partial charge in [-0.05, 0) is 54.8 Å². The first-order valence-corrected chi connectivity index (χ1v) is 13.4. The Morgan fingerprint density at radius 2 is 1.61 bits per heavy atom. The first kappa shape index (κ1) is 30.6. The van der Waals surface area contributed by atoms with Crippen molar-refractivity contribution in [1.29, 1.82) is 0 Å². The zero-order chi connectivity index (χ0) is 29.6. The fraction of sp³-hybridized carbons (Fsp3) is 0.448. The number of carbonyl (C=O) groups is 2. The lowest BCUT2D eigenvalue weighted by atomic mass is 9.95. The number of ether oxygens (including phenoxy) is 1. The monoisotopic (exact) mass is 583 g/mol. The van der Waals surface area contributed by atoms with Crippen LogP contribution in [-0.2, 0) is 39.5 Å². The van der Waals surface area contributed by atoms with Crippen molar-refractivity contribution in [2.24, 2.45) is 0 Å². The van der Waals surface area contributed by atoms with Crippen molar-refractivity contribution in [3.05, 3.63) is 70.9 Å². The normalized spacial score (nSPS) is 15.7. The van der Waals surface area contributed by atoms with Crippen LogP contribution in [0.15, 0.2) is 48.7 Å². The van der Waals surface area contributed by atoms with Gasteiger partial charge in [0.1, 0.15) is 0 Å². The van der Waals surface area contributed by atoms with Gasteiger partial charge in [-0.1, -0.05) is 18.2 Å². The predicted molar refractivity (Wildman–Crippen MR) is 140 cm³/mol. The lowest BCUT2D eigenvalue weighted by Gasteiger charge is -2.26. The molecule has 222 valence electrons. The highest BCUT2D eigenvalue weighted by molar-refractivity contribution is 5.91. The van der Waals surface area contributed by atoms with Gasteiger partial charge in [0.15, 0.2) is 5.78 Å². The van der Waals surface area contributed by atoms with E-state index in [0.717, 1.165) is 29.6 Å². The summed E-state index contributed by atoms with van der Waals surface area (Å²) in [4.78, 5) is 31.4. The number of aromatic nitrogens is 1. The number of rotatable bonds is 11. The molecule has 1 aliphatic heterocycles. The van der Waals surface area contributed by atoms with Crippen LogP contribution in [0.4, 0.5) is 26.3 Å². The average Bonchev–Trinajstić information content (AvgIpc) is 3.33. The van der Waals surface area contributed by atoms with E-state index in [-0.39, 0.29) is 43.2 Å². The van der Waals surface area contributed by atoms with Crippen LogP contribution in [0, 0.1) is 0 Å². The highest BCUT2D eigenvalue weighted by Gasteiger charge is 2.37. The fourth-order valence-corrected chi connectivity index (χ4v) is 4.93. The predicted octanol–water partition coefficient (Wildman–Crippen LogP) is 5.55. The van der Waals surface area contributed by atoms with E-state index >= 15 is 0 Å². The van der Waals surface area contributed by atoms with Crippen LogP contribution in [-0.4, -0.2) is 60.5 Å². The number of alkyl halides is 6.